The quantitative estimate of drug-likeness (QED) is 0.823. The molecule has 24 heavy (non-hydrogen) atoms. The Balaban J connectivity index is 1.69. The van der Waals surface area contributed by atoms with Crippen molar-refractivity contribution in [2.24, 2.45) is 5.92 Å². The average Bonchev–Trinajstić information content (AvgIpc) is 2.57. The van der Waals surface area contributed by atoms with Crippen molar-refractivity contribution in [3.05, 3.63) is 30.1 Å². The SMILES string of the molecule is CC1CCC(NC(=O)C(C)SCC(=O)Nc2ccc(F)cc2)CC1. The van der Waals surface area contributed by atoms with Crippen LogP contribution in [0.25, 0.3) is 0 Å². The average molecular weight is 352 g/mol. The molecule has 0 bridgehead atoms. The van der Waals surface area contributed by atoms with Crippen LogP contribution in [-0.4, -0.2) is 28.9 Å². The molecule has 1 fully saturated rings. The topological polar surface area (TPSA) is 58.2 Å². The molecule has 0 saturated heterocycles. The van der Waals surface area contributed by atoms with Crippen LogP contribution in [-0.2, 0) is 9.59 Å². The normalized spacial score (nSPS) is 21.8. The summed E-state index contributed by atoms with van der Waals surface area (Å²) in [5, 5.41) is 5.50. The monoisotopic (exact) mass is 352 g/mol. The fraction of sp³-hybridized carbons (Fsp3) is 0.556. The Morgan fingerprint density at radius 1 is 1.21 bits per heavy atom. The van der Waals surface area contributed by atoms with Crippen LogP contribution in [0.3, 0.4) is 0 Å². The summed E-state index contributed by atoms with van der Waals surface area (Å²) in [4.78, 5) is 24.1. The third-order valence-electron chi connectivity index (χ3n) is 4.32. The van der Waals surface area contributed by atoms with Gasteiger partial charge in [-0.3, -0.25) is 9.59 Å². The summed E-state index contributed by atoms with van der Waals surface area (Å²) in [6, 6.07) is 5.88. The molecule has 0 radical (unpaired) electrons. The molecule has 0 heterocycles. The van der Waals surface area contributed by atoms with E-state index in [9.17, 15) is 14.0 Å². The zero-order valence-electron chi connectivity index (χ0n) is 14.2. The van der Waals surface area contributed by atoms with E-state index < -0.39 is 0 Å². The van der Waals surface area contributed by atoms with Crippen LogP contribution in [0.1, 0.15) is 39.5 Å². The zero-order valence-corrected chi connectivity index (χ0v) is 15.0. The Hall–Kier alpha value is -1.56. The van der Waals surface area contributed by atoms with Gasteiger partial charge in [-0.1, -0.05) is 6.92 Å². The highest BCUT2D eigenvalue weighted by molar-refractivity contribution is 8.01. The summed E-state index contributed by atoms with van der Waals surface area (Å²) in [6.07, 6.45) is 4.39. The van der Waals surface area contributed by atoms with Crippen molar-refractivity contribution < 1.29 is 14.0 Å². The number of nitrogens with one attached hydrogen (secondary N) is 2. The maximum absolute atomic E-state index is 12.8. The van der Waals surface area contributed by atoms with E-state index in [0.29, 0.717) is 5.69 Å². The Morgan fingerprint density at radius 2 is 1.83 bits per heavy atom. The van der Waals surface area contributed by atoms with Gasteiger partial charge in [0, 0.05) is 11.7 Å². The zero-order chi connectivity index (χ0) is 17.5. The van der Waals surface area contributed by atoms with Gasteiger partial charge < -0.3 is 10.6 Å². The van der Waals surface area contributed by atoms with Gasteiger partial charge in [0.05, 0.1) is 11.0 Å². The minimum atomic E-state index is -0.343. The van der Waals surface area contributed by atoms with Crippen molar-refractivity contribution in [2.45, 2.75) is 50.8 Å². The van der Waals surface area contributed by atoms with Crippen molar-refractivity contribution in [2.75, 3.05) is 11.1 Å². The molecule has 132 valence electrons. The van der Waals surface area contributed by atoms with Crippen molar-refractivity contribution in [1.29, 1.82) is 0 Å². The van der Waals surface area contributed by atoms with Gasteiger partial charge in [0.2, 0.25) is 11.8 Å². The second-order valence-electron chi connectivity index (χ2n) is 6.47. The maximum atomic E-state index is 12.8. The molecule has 0 aliphatic heterocycles. The lowest BCUT2D eigenvalue weighted by Gasteiger charge is -2.27. The first kappa shape index (κ1) is 18.8. The third kappa shape index (κ3) is 6.15. The van der Waals surface area contributed by atoms with Crippen LogP contribution >= 0.6 is 11.8 Å². The van der Waals surface area contributed by atoms with Gasteiger partial charge in [0.15, 0.2) is 0 Å². The van der Waals surface area contributed by atoms with E-state index in [-0.39, 0.29) is 34.7 Å². The van der Waals surface area contributed by atoms with Crippen molar-refractivity contribution in [1.82, 2.24) is 5.32 Å². The molecule has 1 saturated carbocycles. The molecule has 1 aromatic rings. The number of benzene rings is 1. The van der Waals surface area contributed by atoms with Crippen molar-refractivity contribution in [3.63, 3.8) is 0 Å². The van der Waals surface area contributed by atoms with Crippen LogP contribution in [0, 0.1) is 11.7 Å². The molecule has 1 unspecified atom stereocenters. The molecule has 4 nitrogen and oxygen atoms in total. The van der Waals surface area contributed by atoms with Crippen LogP contribution in [0.5, 0.6) is 0 Å². The van der Waals surface area contributed by atoms with E-state index in [1.165, 1.54) is 36.0 Å². The molecule has 1 aliphatic rings. The Labute approximate surface area is 147 Å². The number of hydrogen-bond acceptors (Lipinski definition) is 3. The number of rotatable bonds is 6. The van der Waals surface area contributed by atoms with Crippen LogP contribution in [0.4, 0.5) is 10.1 Å². The molecule has 1 aliphatic carbocycles. The van der Waals surface area contributed by atoms with E-state index in [0.717, 1.165) is 31.6 Å². The molecule has 2 amide bonds. The summed E-state index contributed by atoms with van der Waals surface area (Å²) >= 11 is 1.31. The van der Waals surface area contributed by atoms with Crippen LogP contribution in [0.15, 0.2) is 24.3 Å². The maximum Gasteiger partial charge on any atom is 0.234 e. The Morgan fingerprint density at radius 3 is 2.46 bits per heavy atom. The number of halogens is 1. The van der Waals surface area contributed by atoms with Crippen LogP contribution < -0.4 is 10.6 Å². The predicted octanol–water partition coefficient (Wildman–Crippen LogP) is 3.58. The number of carbonyl (C=O) groups is 2. The first-order valence-corrected chi connectivity index (χ1v) is 9.46. The van der Waals surface area contributed by atoms with Gasteiger partial charge in [-0.05, 0) is 62.8 Å². The molecule has 6 heteroatoms. The highest BCUT2D eigenvalue weighted by atomic mass is 32.2. The lowest BCUT2D eigenvalue weighted by molar-refractivity contribution is -0.121. The number of anilines is 1. The highest BCUT2D eigenvalue weighted by Gasteiger charge is 2.22. The van der Waals surface area contributed by atoms with Gasteiger partial charge in [0.25, 0.3) is 0 Å². The summed E-state index contributed by atoms with van der Waals surface area (Å²) in [6.45, 7) is 4.06. The molecule has 2 rings (SSSR count). The number of hydrogen-bond donors (Lipinski definition) is 2. The van der Waals surface area contributed by atoms with Gasteiger partial charge in [-0.15, -0.1) is 11.8 Å². The fourth-order valence-electron chi connectivity index (χ4n) is 2.73. The first-order chi connectivity index (χ1) is 11.4. The molecule has 1 atom stereocenters. The lowest BCUT2D eigenvalue weighted by Crippen LogP contribution is -2.41. The Kier molecular flexibility index (Phi) is 7.09. The Bertz CT molecular complexity index is 557. The summed E-state index contributed by atoms with van der Waals surface area (Å²) in [7, 11) is 0. The summed E-state index contributed by atoms with van der Waals surface area (Å²) in [5.41, 5.74) is 0.551. The largest absolute Gasteiger partial charge is 0.352 e. The number of carbonyl (C=O) groups excluding carboxylic acids is 2. The van der Waals surface area contributed by atoms with E-state index in [4.69, 9.17) is 0 Å². The third-order valence-corrected chi connectivity index (χ3v) is 5.47. The second-order valence-corrected chi connectivity index (χ2v) is 7.80. The number of thioether (sulfide) groups is 1. The minimum Gasteiger partial charge on any atom is -0.352 e. The van der Waals surface area contributed by atoms with E-state index in [2.05, 4.69) is 17.6 Å². The molecule has 1 aromatic carbocycles. The standard InChI is InChI=1S/C18H25FN2O2S/c1-12-3-7-16(8-4-12)21-18(23)13(2)24-11-17(22)20-15-9-5-14(19)6-10-15/h5-6,9-10,12-13,16H,3-4,7-8,11H2,1-2H3,(H,20,22)(H,21,23). The van der Waals surface area contributed by atoms with Crippen LogP contribution in [0.2, 0.25) is 0 Å². The molecule has 0 aromatic heterocycles. The minimum absolute atomic E-state index is 0.00543. The lowest BCUT2D eigenvalue weighted by atomic mass is 9.87. The molecular formula is C18H25FN2O2S. The fourth-order valence-corrected chi connectivity index (χ4v) is 3.42. The smallest absolute Gasteiger partial charge is 0.234 e. The van der Waals surface area contributed by atoms with E-state index in [1.807, 2.05) is 6.92 Å². The summed E-state index contributed by atoms with van der Waals surface area (Å²) in [5.74, 6) is 0.393. The van der Waals surface area contributed by atoms with Gasteiger partial charge in [-0.2, -0.15) is 0 Å². The molecule has 0 spiro atoms. The summed E-state index contributed by atoms with van der Waals surface area (Å²) < 4.78 is 12.8. The highest BCUT2D eigenvalue weighted by Crippen LogP contribution is 2.24. The molecular weight excluding hydrogens is 327 g/mol. The van der Waals surface area contributed by atoms with Crippen molar-refractivity contribution >= 4 is 29.3 Å². The predicted molar refractivity (Wildman–Crippen MR) is 96.5 cm³/mol. The van der Waals surface area contributed by atoms with Gasteiger partial charge in [-0.25, -0.2) is 4.39 Å². The second kappa shape index (κ2) is 9.06. The van der Waals surface area contributed by atoms with Gasteiger partial charge >= 0.3 is 0 Å². The molecule has 2 N–H and O–H groups in total. The van der Waals surface area contributed by atoms with Crippen molar-refractivity contribution in [3.8, 4) is 0 Å². The van der Waals surface area contributed by atoms with E-state index >= 15 is 0 Å². The van der Waals surface area contributed by atoms with Gasteiger partial charge in [0.1, 0.15) is 5.82 Å². The van der Waals surface area contributed by atoms with E-state index in [1.54, 1.807) is 0 Å². The number of amides is 2. The first-order valence-electron chi connectivity index (χ1n) is 8.41.